The summed E-state index contributed by atoms with van der Waals surface area (Å²) in [7, 11) is 1.70. The molecule has 2 N–H and O–H groups in total. The van der Waals surface area contributed by atoms with Crippen LogP contribution in [0.1, 0.15) is 37.7 Å². The highest BCUT2D eigenvalue weighted by molar-refractivity contribution is 6.03. The normalized spacial score (nSPS) is 16.0. The number of anilines is 2. The third-order valence-electron chi connectivity index (χ3n) is 5.35. The molecule has 1 aliphatic heterocycles. The lowest BCUT2D eigenvalue weighted by Crippen LogP contribution is -2.36. The summed E-state index contributed by atoms with van der Waals surface area (Å²) >= 11 is 0. The summed E-state index contributed by atoms with van der Waals surface area (Å²) in [5, 5.41) is 10.1. The van der Waals surface area contributed by atoms with E-state index in [1.54, 1.807) is 25.5 Å². The molecular formula is C23H28FN7O3. The number of alkyl carbamates (subject to hydrolysis) is 1. The Kier molecular flexibility index (Phi) is 6.36. The fourth-order valence-corrected chi connectivity index (χ4v) is 3.83. The number of hydrogen-bond acceptors (Lipinski definition) is 7. The van der Waals surface area contributed by atoms with Crippen molar-refractivity contribution >= 4 is 34.4 Å². The van der Waals surface area contributed by atoms with Crippen LogP contribution in [0, 0.1) is 11.7 Å². The quantitative estimate of drug-likeness (QED) is 0.590. The van der Waals surface area contributed by atoms with E-state index in [4.69, 9.17) is 4.74 Å². The summed E-state index contributed by atoms with van der Waals surface area (Å²) in [6, 6.07) is 2.88. The van der Waals surface area contributed by atoms with Gasteiger partial charge in [-0.15, -0.1) is 0 Å². The molecule has 11 heteroatoms. The number of carbonyl (C=O) groups is 2. The van der Waals surface area contributed by atoms with E-state index in [0.29, 0.717) is 30.0 Å². The van der Waals surface area contributed by atoms with Crippen molar-refractivity contribution in [3.8, 4) is 0 Å². The van der Waals surface area contributed by atoms with Crippen molar-refractivity contribution in [2.45, 2.75) is 32.8 Å². The van der Waals surface area contributed by atoms with Gasteiger partial charge in [0.25, 0.3) is 5.91 Å². The number of amides is 2. The number of aryl methyl sites for hydroxylation is 1. The molecule has 0 spiro atoms. The molecule has 0 radical (unpaired) electrons. The van der Waals surface area contributed by atoms with Crippen LogP contribution in [-0.4, -0.2) is 57.0 Å². The molecule has 2 aromatic heterocycles. The predicted molar refractivity (Wildman–Crippen MR) is 125 cm³/mol. The van der Waals surface area contributed by atoms with E-state index in [2.05, 4.69) is 30.6 Å². The minimum absolute atomic E-state index is 0.123. The number of carbonyl (C=O) groups excluding carboxylic acids is 2. The van der Waals surface area contributed by atoms with Crippen LogP contribution in [0.25, 0.3) is 10.9 Å². The van der Waals surface area contributed by atoms with Crippen LogP contribution in [0.15, 0.2) is 30.7 Å². The standard InChI is InChI=1S/C23H28FN7O3/c1-23(2,3)34-22(33)27-9-14-5-6-31(12-14)19-11-25-18(10-26-19)21(32)28-16-7-15-13-30(4)29-20(15)17(24)8-16/h7-8,10-11,13-14H,5-6,9,12H2,1-4H3,(H,27,33)(H,28,32). The summed E-state index contributed by atoms with van der Waals surface area (Å²) in [6.45, 7) is 7.46. The number of rotatable bonds is 5. The number of fused-ring (bicyclic) bond motifs is 1. The van der Waals surface area contributed by atoms with Crippen LogP contribution in [0.5, 0.6) is 0 Å². The van der Waals surface area contributed by atoms with Crippen molar-refractivity contribution in [3.05, 3.63) is 42.2 Å². The van der Waals surface area contributed by atoms with Gasteiger partial charge in [0.1, 0.15) is 22.6 Å². The Morgan fingerprint density at radius 3 is 2.74 bits per heavy atom. The fraction of sp³-hybridized carbons (Fsp3) is 0.435. The molecule has 0 aliphatic carbocycles. The molecule has 1 fully saturated rings. The average Bonchev–Trinajstić information content (AvgIpc) is 3.37. The summed E-state index contributed by atoms with van der Waals surface area (Å²) in [5.74, 6) is -0.0872. The number of benzene rings is 1. The highest BCUT2D eigenvalue weighted by atomic mass is 19.1. The van der Waals surface area contributed by atoms with Crippen LogP contribution in [-0.2, 0) is 11.8 Å². The topological polar surface area (TPSA) is 114 Å². The first-order valence-electron chi connectivity index (χ1n) is 11.1. The van der Waals surface area contributed by atoms with Gasteiger partial charge >= 0.3 is 6.09 Å². The Balaban J connectivity index is 1.32. The molecule has 10 nitrogen and oxygen atoms in total. The zero-order valence-corrected chi connectivity index (χ0v) is 19.6. The van der Waals surface area contributed by atoms with Gasteiger partial charge in [-0.2, -0.15) is 5.10 Å². The Hall–Kier alpha value is -3.76. The van der Waals surface area contributed by atoms with Gasteiger partial charge in [-0.05, 0) is 45.2 Å². The van der Waals surface area contributed by atoms with E-state index < -0.39 is 23.4 Å². The smallest absolute Gasteiger partial charge is 0.407 e. The molecule has 3 heterocycles. The van der Waals surface area contributed by atoms with E-state index in [0.717, 1.165) is 13.0 Å². The van der Waals surface area contributed by atoms with E-state index in [9.17, 15) is 14.0 Å². The molecule has 180 valence electrons. The van der Waals surface area contributed by atoms with Gasteiger partial charge in [-0.3, -0.25) is 9.48 Å². The monoisotopic (exact) mass is 469 g/mol. The lowest BCUT2D eigenvalue weighted by atomic mass is 10.1. The van der Waals surface area contributed by atoms with E-state index in [-0.39, 0.29) is 17.1 Å². The Morgan fingerprint density at radius 1 is 1.24 bits per heavy atom. The minimum Gasteiger partial charge on any atom is -0.444 e. The molecule has 1 aromatic carbocycles. The number of ether oxygens (including phenoxy) is 1. The molecule has 1 saturated heterocycles. The molecule has 3 aromatic rings. The molecule has 1 atom stereocenters. The Bertz CT molecular complexity index is 1200. The lowest BCUT2D eigenvalue weighted by molar-refractivity contribution is 0.0520. The molecule has 1 aliphatic rings. The van der Waals surface area contributed by atoms with Gasteiger partial charge < -0.3 is 20.3 Å². The third kappa shape index (κ3) is 5.59. The van der Waals surface area contributed by atoms with Crippen molar-refractivity contribution in [2.75, 3.05) is 29.9 Å². The number of hydrogen-bond donors (Lipinski definition) is 2. The van der Waals surface area contributed by atoms with E-state index in [1.165, 1.54) is 16.9 Å². The van der Waals surface area contributed by atoms with Crippen LogP contribution in [0.3, 0.4) is 0 Å². The van der Waals surface area contributed by atoms with E-state index >= 15 is 0 Å². The minimum atomic E-state index is -0.533. The molecule has 1 unspecified atom stereocenters. The number of nitrogens with one attached hydrogen (secondary N) is 2. The van der Waals surface area contributed by atoms with Gasteiger partial charge in [0.05, 0.1) is 12.4 Å². The first-order chi connectivity index (χ1) is 16.1. The van der Waals surface area contributed by atoms with Crippen LogP contribution >= 0.6 is 0 Å². The molecule has 34 heavy (non-hydrogen) atoms. The first-order valence-corrected chi connectivity index (χ1v) is 11.1. The average molecular weight is 470 g/mol. The molecule has 4 rings (SSSR count). The number of nitrogens with zero attached hydrogens (tertiary/aromatic N) is 5. The van der Waals surface area contributed by atoms with Crippen LogP contribution < -0.4 is 15.5 Å². The van der Waals surface area contributed by atoms with E-state index in [1.807, 2.05) is 20.8 Å². The maximum absolute atomic E-state index is 14.3. The number of aromatic nitrogens is 4. The molecule has 2 amide bonds. The zero-order chi connectivity index (χ0) is 24.5. The second kappa shape index (κ2) is 9.24. The Labute approximate surface area is 196 Å². The van der Waals surface area contributed by atoms with Gasteiger partial charge in [-0.25, -0.2) is 19.2 Å². The van der Waals surface area contributed by atoms with Gasteiger partial charge in [0, 0.05) is 44.0 Å². The predicted octanol–water partition coefficient (Wildman–Crippen LogP) is 3.11. The SMILES string of the molecule is Cn1cc2cc(NC(=O)c3cnc(N4CCC(CNC(=O)OC(C)(C)C)C4)cn3)cc(F)c2n1. The summed E-state index contributed by atoms with van der Waals surface area (Å²) < 4.78 is 21.0. The summed E-state index contributed by atoms with van der Waals surface area (Å²) in [4.78, 5) is 35.1. The van der Waals surface area contributed by atoms with Gasteiger partial charge in [-0.1, -0.05) is 0 Å². The van der Waals surface area contributed by atoms with Crippen molar-refractivity contribution in [1.29, 1.82) is 0 Å². The highest BCUT2D eigenvalue weighted by Gasteiger charge is 2.25. The number of halogens is 1. The molecule has 0 bridgehead atoms. The molecular weight excluding hydrogens is 441 g/mol. The second-order valence-corrected chi connectivity index (χ2v) is 9.40. The summed E-state index contributed by atoms with van der Waals surface area (Å²) in [6.07, 6.45) is 5.08. The Morgan fingerprint density at radius 2 is 2.03 bits per heavy atom. The van der Waals surface area contributed by atoms with Crippen molar-refractivity contribution in [2.24, 2.45) is 13.0 Å². The fourth-order valence-electron chi connectivity index (χ4n) is 3.83. The van der Waals surface area contributed by atoms with Crippen molar-refractivity contribution < 1.29 is 18.7 Å². The van der Waals surface area contributed by atoms with Crippen molar-refractivity contribution in [1.82, 2.24) is 25.1 Å². The molecule has 0 saturated carbocycles. The van der Waals surface area contributed by atoms with Crippen LogP contribution in [0.2, 0.25) is 0 Å². The third-order valence-corrected chi connectivity index (χ3v) is 5.35. The lowest BCUT2D eigenvalue weighted by Gasteiger charge is -2.21. The van der Waals surface area contributed by atoms with Gasteiger partial charge in [0.2, 0.25) is 0 Å². The highest BCUT2D eigenvalue weighted by Crippen LogP contribution is 2.23. The largest absolute Gasteiger partial charge is 0.444 e. The van der Waals surface area contributed by atoms with Gasteiger partial charge in [0.15, 0.2) is 5.82 Å². The second-order valence-electron chi connectivity index (χ2n) is 9.40. The van der Waals surface area contributed by atoms with Crippen LogP contribution in [0.4, 0.5) is 20.7 Å². The zero-order valence-electron chi connectivity index (χ0n) is 19.6. The summed E-state index contributed by atoms with van der Waals surface area (Å²) in [5.41, 5.74) is 0.149. The maximum atomic E-state index is 14.3. The van der Waals surface area contributed by atoms with Crippen molar-refractivity contribution in [3.63, 3.8) is 0 Å². The first kappa shape index (κ1) is 23.4. The maximum Gasteiger partial charge on any atom is 0.407 e.